The third kappa shape index (κ3) is 3.97. The van der Waals surface area contributed by atoms with E-state index in [0.717, 1.165) is 22.6 Å². The van der Waals surface area contributed by atoms with Gasteiger partial charge in [0.15, 0.2) is 5.82 Å². The summed E-state index contributed by atoms with van der Waals surface area (Å²) in [5.41, 5.74) is 1.78. The molecule has 0 radical (unpaired) electrons. The maximum absolute atomic E-state index is 13.6. The molecule has 0 aliphatic carbocycles. The first kappa shape index (κ1) is 20.3. The van der Waals surface area contributed by atoms with Gasteiger partial charge in [0, 0.05) is 43.4 Å². The smallest absolute Gasteiger partial charge is 0.239 e. The van der Waals surface area contributed by atoms with Crippen molar-refractivity contribution in [2.24, 2.45) is 0 Å². The second-order valence-electron chi connectivity index (χ2n) is 8.08. The van der Waals surface area contributed by atoms with Gasteiger partial charge in [-0.05, 0) is 19.1 Å². The summed E-state index contributed by atoms with van der Waals surface area (Å²) in [6, 6.07) is 17.1. The molecule has 1 fully saturated rings. The predicted octanol–water partition coefficient (Wildman–Crippen LogP) is 3.00. The molecule has 1 saturated heterocycles. The van der Waals surface area contributed by atoms with Gasteiger partial charge >= 0.3 is 0 Å². The van der Waals surface area contributed by atoms with E-state index in [2.05, 4.69) is 10.5 Å². The van der Waals surface area contributed by atoms with Gasteiger partial charge < -0.3 is 19.5 Å². The third-order valence-corrected chi connectivity index (χ3v) is 5.87. The van der Waals surface area contributed by atoms with Crippen molar-refractivity contribution in [3.63, 3.8) is 0 Å². The number of piperazine rings is 1. The molecule has 0 saturated carbocycles. The van der Waals surface area contributed by atoms with Gasteiger partial charge in [-0.1, -0.05) is 41.6 Å². The number of rotatable bonds is 4. The molecule has 0 bridgehead atoms. The van der Waals surface area contributed by atoms with Crippen molar-refractivity contribution in [3.05, 3.63) is 71.5 Å². The Kier molecular flexibility index (Phi) is 5.36. The molecule has 0 atom stereocenters. The SMILES string of the molecule is Cc1cc(NC(=O)CN2CCN(C(=O)C3c4ccccc4Oc4ccccc43)CC2)no1. The Labute approximate surface area is 185 Å². The first-order valence-corrected chi connectivity index (χ1v) is 10.7. The lowest BCUT2D eigenvalue weighted by Crippen LogP contribution is -2.51. The monoisotopic (exact) mass is 432 g/mol. The number of hydrogen-bond donors (Lipinski definition) is 1. The third-order valence-electron chi connectivity index (χ3n) is 5.87. The molecular weight excluding hydrogens is 408 g/mol. The number of amides is 2. The van der Waals surface area contributed by atoms with Crippen molar-refractivity contribution < 1.29 is 18.8 Å². The minimum absolute atomic E-state index is 0.0652. The van der Waals surface area contributed by atoms with Crippen LogP contribution in [0.15, 0.2) is 59.1 Å². The van der Waals surface area contributed by atoms with E-state index in [-0.39, 0.29) is 24.3 Å². The molecule has 32 heavy (non-hydrogen) atoms. The van der Waals surface area contributed by atoms with Crippen LogP contribution in [-0.2, 0) is 9.59 Å². The van der Waals surface area contributed by atoms with Crippen molar-refractivity contribution >= 4 is 17.6 Å². The summed E-state index contributed by atoms with van der Waals surface area (Å²) >= 11 is 0. The Bertz CT molecular complexity index is 1100. The Hall–Kier alpha value is -3.65. The van der Waals surface area contributed by atoms with E-state index < -0.39 is 0 Å². The van der Waals surface area contributed by atoms with Crippen LogP contribution in [0.3, 0.4) is 0 Å². The summed E-state index contributed by atoms with van der Waals surface area (Å²) in [6.45, 7) is 4.41. The molecule has 2 amide bonds. The van der Waals surface area contributed by atoms with Gasteiger partial charge in [-0.2, -0.15) is 0 Å². The predicted molar refractivity (Wildman–Crippen MR) is 118 cm³/mol. The fraction of sp³-hybridized carbons (Fsp3) is 0.292. The molecule has 0 spiro atoms. The fourth-order valence-electron chi connectivity index (χ4n) is 4.30. The van der Waals surface area contributed by atoms with E-state index >= 15 is 0 Å². The number of fused-ring (bicyclic) bond motifs is 2. The van der Waals surface area contributed by atoms with Crippen LogP contribution in [0.4, 0.5) is 5.82 Å². The van der Waals surface area contributed by atoms with E-state index in [1.807, 2.05) is 58.3 Å². The highest BCUT2D eigenvalue weighted by atomic mass is 16.5. The molecule has 2 aromatic carbocycles. The van der Waals surface area contributed by atoms with E-state index in [0.29, 0.717) is 37.8 Å². The van der Waals surface area contributed by atoms with Crippen molar-refractivity contribution in [2.75, 3.05) is 38.0 Å². The summed E-state index contributed by atoms with van der Waals surface area (Å²) < 4.78 is 11.0. The molecule has 8 heteroatoms. The van der Waals surface area contributed by atoms with E-state index in [4.69, 9.17) is 9.26 Å². The van der Waals surface area contributed by atoms with Crippen molar-refractivity contribution in [1.82, 2.24) is 15.0 Å². The Morgan fingerprint density at radius 1 is 1.00 bits per heavy atom. The molecule has 8 nitrogen and oxygen atoms in total. The molecule has 2 aliphatic rings. The zero-order valence-corrected chi connectivity index (χ0v) is 17.8. The summed E-state index contributed by atoms with van der Waals surface area (Å²) in [6.07, 6.45) is 0. The van der Waals surface area contributed by atoms with Gasteiger partial charge in [0.05, 0.1) is 12.5 Å². The van der Waals surface area contributed by atoms with E-state index in [1.54, 1.807) is 13.0 Å². The number of nitrogens with one attached hydrogen (secondary N) is 1. The van der Waals surface area contributed by atoms with Gasteiger partial charge in [-0.15, -0.1) is 0 Å². The molecule has 3 aromatic rings. The van der Waals surface area contributed by atoms with Crippen LogP contribution in [0.25, 0.3) is 0 Å². The lowest BCUT2D eigenvalue weighted by Gasteiger charge is -2.37. The van der Waals surface area contributed by atoms with E-state index in [9.17, 15) is 9.59 Å². The standard InChI is InChI=1S/C24H24N4O4/c1-16-14-21(26-32-16)25-22(29)15-27-10-12-28(13-11-27)24(30)23-17-6-2-4-8-19(17)31-20-9-5-3-7-18(20)23/h2-9,14,23H,10-13,15H2,1H3,(H,25,26,29). The first-order valence-electron chi connectivity index (χ1n) is 10.7. The number of carbonyl (C=O) groups is 2. The van der Waals surface area contributed by atoms with Crippen molar-refractivity contribution in [2.45, 2.75) is 12.8 Å². The summed E-state index contributed by atoms with van der Waals surface area (Å²) in [4.78, 5) is 29.8. The zero-order valence-electron chi connectivity index (χ0n) is 17.8. The highest BCUT2D eigenvalue weighted by Gasteiger charge is 2.36. The van der Waals surface area contributed by atoms with Gasteiger partial charge in [0.25, 0.3) is 0 Å². The minimum Gasteiger partial charge on any atom is -0.457 e. The fourth-order valence-corrected chi connectivity index (χ4v) is 4.30. The van der Waals surface area contributed by atoms with Crippen LogP contribution in [0.5, 0.6) is 11.5 Å². The number of anilines is 1. The van der Waals surface area contributed by atoms with Crippen LogP contribution in [0.2, 0.25) is 0 Å². The lowest BCUT2D eigenvalue weighted by atomic mass is 9.86. The summed E-state index contributed by atoms with van der Waals surface area (Å²) in [5, 5.41) is 6.52. The number of aromatic nitrogens is 1. The number of nitrogens with zero attached hydrogens (tertiary/aromatic N) is 3. The van der Waals surface area contributed by atoms with Gasteiger partial charge in [0.1, 0.15) is 17.3 Å². The number of aryl methyl sites for hydroxylation is 1. The Morgan fingerprint density at radius 3 is 2.22 bits per heavy atom. The number of ether oxygens (including phenoxy) is 1. The molecule has 2 aliphatic heterocycles. The number of hydrogen-bond acceptors (Lipinski definition) is 6. The van der Waals surface area contributed by atoms with E-state index in [1.165, 1.54) is 0 Å². The molecular formula is C24H24N4O4. The van der Waals surface area contributed by atoms with Crippen LogP contribution in [0.1, 0.15) is 22.8 Å². The van der Waals surface area contributed by atoms with Crippen LogP contribution >= 0.6 is 0 Å². The Morgan fingerprint density at radius 2 is 1.62 bits per heavy atom. The molecule has 3 heterocycles. The Balaban J connectivity index is 1.25. The largest absolute Gasteiger partial charge is 0.457 e. The highest BCUT2D eigenvalue weighted by molar-refractivity contribution is 5.91. The second kappa shape index (κ2) is 8.47. The zero-order chi connectivity index (χ0) is 22.1. The maximum Gasteiger partial charge on any atom is 0.239 e. The average Bonchev–Trinajstić information content (AvgIpc) is 3.21. The molecule has 1 aromatic heterocycles. The maximum atomic E-state index is 13.6. The van der Waals surface area contributed by atoms with Crippen molar-refractivity contribution in [3.8, 4) is 11.5 Å². The quantitative estimate of drug-likeness (QED) is 0.682. The van der Waals surface area contributed by atoms with Gasteiger partial charge in [0.2, 0.25) is 11.8 Å². The highest BCUT2D eigenvalue weighted by Crippen LogP contribution is 2.44. The number of carbonyl (C=O) groups excluding carboxylic acids is 2. The van der Waals surface area contributed by atoms with Crippen LogP contribution in [-0.4, -0.2) is 59.5 Å². The first-order chi connectivity index (χ1) is 15.6. The average molecular weight is 432 g/mol. The molecule has 1 N–H and O–H groups in total. The summed E-state index contributed by atoms with van der Waals surface area (Å²) in [5.74, 6) is 2.04. The normalized spacial score (nSPS) is 16.1. The second-order valence-corrected chi connectivity index (χ2v) is 8.08. The number of para-hydroxylation sites is 2. The lowest BCUT2D eigenvalue weighted by molar-refractivity contribution is -0.133. The summed E-state index contributed by atoms with van der Waals surface area (Å²) in [7, 11) is 0. The van der Waals surface area contributed by atoms with Crippen LogP contribution in [0, 0.1) is 6.92 Å². The molecule has 5 rings (SSSR count). The van der Waals surface area contributed by atoms with Crippen LogP contribution < -0.4 is 10.1 Å². The number of benzene rings is 2. The molecule has 0 unspecified atom stereocenters. The van der Waals surface area contributed by atoms with Crippen molar-refractivity contribution in [1.29, 1.82) is 0 Å². The van der Waals surface area contributed by atoms with Gasteiger partial charge in [-0.25, -0.2) is 0 Å². The topological polar surface area (TPSA) is 87.9 Å². The van der Waals surface area contributed by atoms with Gasteiger partial charge in [-0.3, -0.25) is 14.5 Å². The minimum atomic E-state index is -0.388. The molecule has 164 valence electrons.